The number of hydrogen-bond donors (Lipinski definition) is 0. The molecule has 0 aliphatic rings. The van der Waals surface area contributed by atoms with Gasteiger partial charge in [0.2, 0.25) is 0 Å². The Morgan fingerprint density at radius 2 is 2.11 bits per heavy atom. The maximum Gasteiger partial charge on any atom is 2.00 e. The molecule has 0 aliphatic carbocycles. The van der Waals surface area contributed by atoms with Gasteiger partial charge in [-0.2, -0.15) is 5.10 Å². The summed E-state index contributed by atoms with van der Waals surface area (Å²) < 4.78 is 0.545. The smallest absolute Gasteiger partial charge is 0.435 e. The largest absolute Gasteiger partial charge is 2.00 e. The van der Waals surface area contributed by atoms with Crippen molar-refractivity contribution < 1.29 is 18.6 Å². The molecule has 3 nitrogen and oxygen atoms in total. The summed E-state index contributed by atoms with van der Waals surface area (Å²) in [6.07, 6.45) is 2.59. The predicted octanol–water partition coefficient (Wildman–Crippen LogP) is 0.740. The number of aryl methyl sites for hydroxylation is 1. The molecule has 0 aromatic carbocycles. The third-order valence-electron chi connectivity index (χ3n) is 0.592. The molecule has 0 atom stereocenters. The second kappa shape index (κ2) is 3.98. The van der Waals surface area contributed by atoms with Gasteiger partial charge in [0.05, 0.1) is 4.60 Å². The molecular formula is C4H3BrN3V+. The van der Waals surface area contributed by atoms with Crippen molar-refractivity contribution in [1.29, 1.82) is 0 Å². The van der Waals surface area contributed by atoms with Crippen molar-refractivity contribution >= 4 is 15.9 Å². The molecule has 0 saturated heterocycles. The van der Waals surface area contributed by atoms with E-state index in [1.165, 1.54) is 0 Å². The van der Waals surface area contributed by atoms with Crippen LogP contribution in [-0.2, 0) is 18.6 Å². The number of nitrogens with zero attached hydrogens (tertiary/aromatic N) is 3. The van der Waals surface area contributed by atoms with E-state index in [0.717, 1.165) is 0 Å². The summed E-state index contributed by atoms with van der Waals surface area (Å²) in [4.78, 5) is 3.73. The second-order valence-corrected chi connectivity index (χ2v) is 2.01. The molecule has 1 radical (unpaired) electrons. The van der Waals surface area contributed by atoms with Gasteiger partial charge < -0.3 is 4.98 Å². The Morgan fingerprint density at radius 1 is 1.44 bits per heavy atom. The van der Waals surface area contributed by atoms with Crippen LogP contribution in [0.2, 0.25) is 0 Å². The summed E-state index contributed by atoms with van der Waals surface area (Å²) in [5.74, 6) is 0.633. The topological polar surface area (TPSA) is 38.7 Å². The summed E-state index contributed by atoms with van der Waals surface area (Å²) in [7, 11) is 0. The van der Waals surface area contributed by atoms with Crippen LogP contribution >= 0.6 is 15.9 Å². The SMILES string of the molecule is Cc1n[c-]c(Br)nn1.[V+2]. The van der Waals surface area contributed by atoms with Crippen LogP contribution in [-0.4, -0.2) is 15.2 Å². The van der Waals surface area contributed by atoms with E-state index in [1.54, 1.807) is 6.92 Å². The Labute approximate surface area is 73.3 Å². The number of rotatable bonds is 0. The second-order valence-electron chi connectivity index (χ2n) is 1.26. The zero-order valence-electron chi connectivity index (χ0n) is 4.67. The van der Waals surface area contributed by atoms with Crippen molar-refractivity contribution in [3.8, 4) is 0 Å². The van der Waals surface area contributed by atoms with Gasteiger partial charge >= 0.3 is 18.6 Å². The van der Waals surface area contributed by atoms with Crippen LogP contribution in [0.5, 0.6) is 0 Å². The molecule has 0 unspecified atom stereocenters. The Bertz CT molecular complexity index is 155. The molecule has 0 saturated carbocycles. The molecule has 0 amide bonds. The van der Waals surface area contributed by atoms with Gasteiger partial charge in [0, 0.05) is 0 Å². The van der Waals surface area contributed by atoms with Gasteiger partial charge in [0.15, 0.2) is 0 Å². The third kappa shape index (κ3) is 2.94. The molecule has 45 valence electrons. The fraction of sp³-hybridized carbons (Fsp3) is 0.250. The zero-order chi connectivity index (χ0) is 5.98. The Morgan fingerprint density at radius 3 is 2.44 bits per heavy atom. The van der Waals surface area contributed by atoms with Gasteiger partial charge in [-0.1, -0.05) is 6.92 Å². The van der Waals surface area contributed by atoms with Crippen molar-refractivity contribution in [2.45, 2.75) is 6.92 Å². The van der Waals surface area contributed by atoms with Gasteiger partial charge in [0.1, 0.15) is 0 Å². The summed E-state index contributed by atoms with van der Waals surface area (Å²) >= 11 is 3.05. The quantitative estimate of drug-likeness (QED) is 0.610. The van der Waals surface area contributed by atoms with Crippen LogP contribution in [0.1, 0.15) is 5.82 Å². The van der Waals surface area contributed by atoms with E-state index >= 15 is 0 Å². The summed E-state index contributed by atoms with van der Waals surface area (Å²) in [6, 6.07) is 0. The minimum absolute atomic E-state index is 0. The number of hydrogen-bond acceptors (Lipinski definition) is 3. The van der Waals surface area contributed by atoms with E-state index in [9.17, 15) is 0 Å². The fourth-order valence-electron chi connectivity index (χ4n) is 0.288. The van der Waals surface area contributed by atoms with Gasteiger partial charge in [0.25, 0.3) is 0 Å². The normalized spacial score (nSPS) is 8.22. The average molecular weight is 224 g/mol. The summed E-state index contributed by atoms with van der Waals surface area (Å²) in [6.45, 7) is 1.76. The van der Waals surface area contributed by atoms with E-state index in [0.29, 0.717) is 10.4 Å². The van der Waals surface area contributed by atoms with Crippen molar-refractivity contribution in [3.63, 3.8) is 0 Å². The van der Waals surface area contributed by atoms with E-state index in [-0.39, 0.29) is 18.6 Å². The Balaban J connectivity index is 0.000000640. The van der Waals surface area contributed by atoms with E-state index in [2.05, 4.69) is 37.3 Å². The molecule has 0 spiro atoms. The molecule has 0 aliphatic heterocycles. The monoisotopic (exact) mass is 223 g/mol. The van der Waals surface area contributed by atoms with Crippen LogP contribution < -0.4 is 0 Å². The van der Waals surface area contributed by atoms with Crippen LogP contribution in [0.25, 0.3) is 0 Å². The molecule has 1 heterocycles. The van der Waals surface area contributed by atoms with Crippen LogP contribution in [0.15, 0.2) is 4.60 Å². The average Bonchev–Trinajstić information content (AvgIpc) is 1.77. The van der Waals surface area contributed by atoms with Gasteiger partial charge in [-0.15, -0.1) is 6.20 Å². The molecule has 0 N–H and O–H groups in total. The Kier molecular flexibility index (Phi) is 4.01. The number of aromatic nitrogens is 3. The molecule has 1 aromatic rings. The molecule has 9 heavy (non-hydrogen) atoms. The third-order valence-corrected chi connectivity index (χ3v) is 0.928. The number of halogens is 1. The van der Waals surface area contributed by atoms with Crippen molar-refractivity contribution in [2.24, 2.45) is 0 Å². The zero-order valence-corrected chi connectivity index (χ0v) is 7.65. The first-order valence-electron chi connectivity index (χ1n) is 2.03. The van der Waals surface area contributed by atoms with Gasteiger partial charge in [-0.3, -0.25) is 0 Å². The Hall–Kier alpha value is 0.0744. The fourth-order valence-corrected chi connectivity index (χ4v) is 0.456. The van der Waals surface area contributed by atoms with Crippen molar-refractivity contribution in [2.75, 3.05) is 0 Å². The van der Waals surface area contributed by atoms with Crippen LogP contribution in [0, 0.1) is 13.1 Å². The van der Waals surface area contributed by atoms with E-state index < -0.39 is 0 Å². The maximum absolute atomic E-state index is 3.73. The molecule has 1 aromatic heterocycles. The first-order valence-corrected chi connectivity index (χ1v) is 2.83. The van der Waals surface area contributed by atoms with Gasteiger partial charge in [-0.25, -0.2) is 5.10 Å². The minimum atomic E-state index is 0. The minimum Gasteiger partial charge on any atom is -0.435 e. The van der Waals surface area contributed by atoms with E-state index in [1.807, 2.05) is 0 Å². The van der Waals surface area contributed by atoms with Crippen molar-refractivity contribution in [1.82, 2.24) is 15.2 Å². The standard InChI is InChI=1S/C4H3BrN3.V/c1-3-6-2-4(5)8-7-3;/h1H3;/q-1;+2. The summed E-state index contributed by atoms with van der Waals surface area (Å²) in [5.41, 5.74) is 0. The maximum atomic E-state index is 3.73. The first kappa shape index (κ1) is 9.07. The molecular weight excluding hydrogens is 221 g/mol. The van der Waals surface area contributed by atoms with Crippen LogP contribution in [0.3, 0.4) is 0 Å². The molecule has 0 bridgehead atoms. The first-order chi connectivity index (χ1) is 3.79. The summed E-state index contributed by atoms with van der Waals surface area (Å²) in [5, 5.41) is 7.27. The molecule has 1 rings (SSSR count). The van der Waals surface area contributed by atoms with Crippen molar-refractivity contribution in [3.05, 3.63) is 16.6 Å². The molecule has 5 heteroatoms. The van der Waals surface area contributed by atoms with Gasteiger partial charge in [-0.05, 0) is 21.8 Å². The van der Waals surface area contributed by atoms with E-state index in [4.69, 9.17) is 0 Å². The van der Waals surface area contributed by atoms with Crippen LogP contribution in [0.4, 0.5) is 0 Å². The predicted molar refractivity (Wildman–Crippen MR) is 31.1 cm³/mol. The molecule has 0 fully saturated rings.